The Morgan fingerprint density at radius 1 is 0.967 bits per heavy atom. The number of amides is 2. The van der Waals surface area contributed by atoms with Gasteiger partial charge in [0.05, 0.1) is 25.7 Å². The minimum absolute atomic E-state index is 0.0162. The first-order valence-corrected chi connectivity index (χ1v) is 10.5. The summed E-state index contributed by atoms with van der Waals surface area (Å²) in [5.41, 5.74) is 1.10. The predicted molar refractivity (Wildman–Crippen MR) is 118 cm³/mol. The van der Waals surface area contributed by atoms with Crippen molar-refractivity contribution in [2.24, 2.45) is 0 Å². The first-order valence-electron chi connectivity index (χ1n) is 10.5. The molecular formula is C23H32N4O3. The van der Waals surface area contributed by atoms with E-state index in [1.165, 1.54) is 10.8 Å². The second-order valence-electron chi connectivity index (χ2n) is 7.79. The van der Waals surface area contributed by atoms with Crippen LogP contribution in [-0.4, -0.2) is 81.1 Å². The molecule has 162 valence electrons. The minimum Gasteiger partial charge on any atom is -0.383 e. The molecule has 1 saturated heterocycles. The maximum Gasteiger partial charge on any atom is 0.234 e. The molecule has 1 aliphatic heterocycles. The zero-order valence-corrected chi connectivity index (χ0v) is 17.9. The topological polar surface area (TPSA) is 73.9 Å². The number of methoxy groups -OCH3 is 1. The van der Waals surface area contributed by atoms with E-state index in [9.17, 15) is 9.59 Å². The molecule has 0 spiro atoms. The van der Waals surface area contributed by atoms with Gasteiger partial charge in [0.15, 0.2) is 0 Å². The van der Waals surface area contributed by atoms with Crippen LogP contribution in [0, 0.1) is 0 Å². The number of ether oxygens (including phenoxy) is 1. The Bertz CT molecular complexity index is 849. The Labute approximate surface area is 178 Å². The van der Waals surface area contributed by atoms with Gasteiger partial charge in [0, 0.05) is 39.8 Å². The summed E-state index contributed by atoms with van der Waals surface area (Å²) in [5.74, 6) is 0.0453. The van der Waals surface area contributed by atoms with Crippen LogP contribution in [0.2, 0.25) is 0 Å². The van der Waals surface area contributed by atoms with Crippen LogP contribution in [0.1, 0.15) is 18.5 Å². The lowest BCUT2D eigenvalue weighted by Gasteiger charge is -2.34. The maximum absolute atomic E-state index is 12.5. The van der Waals surface area contributed by atoms with Gasteiger partial charge in [-0.05, 0) is 29.3 Å². The molecule has 1 aliphatic rings. The van der Waals surface area contributed by atoms with Gasteiger partial charge in [-0.25, -0.2) is 0 Å². The van der Waals surface area contributed by atoms with Crippen LogP contribution in [0.4, 0.5) is 0 Å². The lowest BCUT2D eigenvalue weighted by atomic mass is 10.0. The van der Waals surface area contributed by atoms with Crippen LogP contribution in [0.25, 0.3) is 10.8 Å². The summed E-state index contributed by atoms with van der Waals surface area (Å²) in [7, 11) is 1.62. The van der Waals surface area contributed by atoms with Crippen LogP contribution in [0.5, 0.6) is 0 Å². The van der Waals surface area contributed by atoms with Crippen LogP contribution in [0.3, 0.4) is 0 Å². The molecule has 0 aromatic heterocycles. The van der Waals surface area contributed by atoms with Crippen molar-refractivity contribution in [2.45, 2.75) is 13.0 Å². The van der Waals surface area contributed by atoms with E-state index in [4.69, 9.17) is 4.74 Å². The number of fused-ring (bicyclic) bond motifs is 1. The number of nitrogens with zero attached hydrogens (tertiary/aromatic N) is 2. The number of carbonyl (C=O) groups excluding carboxylic acids is 2. The minimum atomic E-state index is -0.0424. The smallest absolute Gasteiger partial charge is 0.234 e. The van der Waals surface area contributed by atoms with Gasteiger partial charge in [0.2, 0.25) is 11.8 Å². The monoisotopic (exact) mass is 412 g/mol. The highest BCUT2D eigenvalue weighted by Crippen LogP contribution is 2.20. The standard InChI is InChI=1S/C23H32N4O3/c1-18(20-8-7-19-5-3-4-6-21(19)15-20)25-23(29)17-27-12-10-26(11-13-27)16-22(28)24-9-14-30-2/h3-8,15,18H,9-14,16-17H2,1-2H3,(H,24,28)(H,25,29). The molecule has 0 bridgehead atoms. The largest absolute Gasteiger partial charge is 0.383 e. The third-order valence-corrected chi connectivity index (χ3v) is 5.48. The van der Waals surface area contributed by atoms with Crippen LogP contribution >= 0.6 is 0 Å². The highest BCUT2D eigenvalue weighted by molar-refractivity contribution is 5.83. The van der Waals surface area contributed by atoms with E-state index in [1.807, 2.05) is 19.1 Å². The zero-order chi connectivity index (χ0) is 21.3. The Morgan fingerprint density at radius 3 is 2.27 bits per heavy atom. The number of benzene rings is 2. The Hall–Kier alpha value is -2.48. The highest BCUT2D eigenvalue weighted by atomic mass is 16.5. The van der Waals surface area contributed by atoms with Crippen molar-refractivity contribution in [3.8, 4) is 0 Å². The van der Waals surface area contributed by atoms with Gasteiger partial charge in [-0.15, -0.1) is 0 Å². The summed E-state index contributed by atoms with van der Waals surface area (Å²) in [6, 6.07) is 14.5. The molecule has 0 aliphatic carbocycles. The van der Waals surface area contributed by atoms with Crippen LogP contribution in [-0.2, 0) is 14.3 Å². The SMILES string of the molecule is COCCNC(=O)CN1CCN(CC(=O)NC(C)c2ccc3ccccc3c2)CC1. The average molecular weight is 413 g/mol. The molecule has 1 heterocycles. The van der Waals surface area contributed by atoms with Gasteiger partial charge in [-0.3, -0.25) is 19.4 Å². The summed E-state index contributed by atoms with van der Waals surface area (Å²) in [5, 5.41) is 8.33. The fraction of sp³-hybridized carbons (Fsp3) is 0.478. The van der Waals surface area contributed by atoms with Crippen molar-refractivity contribution in [3.05, 3.63) is 48.0 Å². The summed E-state index contributed by atoms with van der Waals surface area (Å²) in [6.45, 7) is 6.97. The molecular weight excluding hydrogens is 380 g/mol. The average Bonchev–Trinajstić information content (AvgIpc) is 2.75. The molecule has 0 saturated carbocycles. The lowest BCUT2D eigenvalue weighted by Crippen LogP contribution is -2.51. The van der Waals surface area contributed by atoms with Crippen molar-refractivity contribution in [1.29, 1.82) is 0 Å². The van der Waals surface area contributed by atoms with Gasteiger partial charge in [-0.2, -0.15) is 0 Å². The number of carbonyl (C=O) groups is 2. The summed E-state index contributed by atoms with van der Waals surface area (Å²) in [6.07, 6.45) is 0. The van der Waals surface area contributed by atoms with E-state index >= 15 is 0 Å². The molecule has 2 amide bonds. The normalized spacial score (nSPS) is 16.3. The van der Waals surface area contributed by atoms with E-state index < -0.39 is 0 Å². The summed E-state index contributed by atoms with van der Waals surface area (Å²) >= 11 is 0. The fourth-order valence-corrected chi connectivity index (χ4v) is 3.71. The first kappa shape index (κ1) is 22.2. The second kappa shape index (κ2) is 11.1. The Balaban J connectivity index is 1.40. The molecule has 3 rings (SSSR count). The third kappa shape index (κ3) is 6.52. The molecule has 1 atom stereocenters. The van der Waals surface area contributed by atoms with Crippen molar-refractivity contribution in [3.63, 3.8) is 0 Å². The van der Waals surface area contributed by atoms with Crippen molar-refractivity contribution >= 4 is 22.6 Å². The zero-order valence-electron chi connectivity index (χ0n) is 17.9. The van der Waals surface area contributed by atoms with E-state index in [0.29, 0.717) is 26.2 Å². The highest BCUT2D eigenvalue weighted by Gasteiger charge is 2.21. The molecule has 2 aromatic carbocycles. The number of rotatable bonds is 9. The lowest BCUT2D eigenvalue weighted by molar-refractivity contribution is -0.125. The first-order chi connectivity index (χ1) is 14.5. The molecule has 7 nitrogen and oxygen atoms in total. The molecule has 0 radical (unpaired) electrons. The summed E-state index contributed by atoms with van der Waals surface area (Å²) in [4.78, 5) is 28.7. The third-order valence-electron chi connectivity index (χ3n) is 5.48. The number of hydrogen-bond donors (Lipinski definition) is 2. The fourth-order valence-electron chi connectivity index (χ4n) is 3.71. The van der Waals surface area contributed by atoms with Gasteiger partial charge >= 0.3 is 0 Å². The van der Waals surface area contributed by atoms with Crippen molar-refractivity contribution in [1.82, 2.24) is 20.4 Å². The van der Waals surface area contributed by atoms with Crippen molar-refractivity contribution < 1.29 is 14.3 Å². The van der Waals surface area contributed by atoms with E-state index in [0.717, 1.165) is 31.7 Å². The number of hydrogen-bond acceptors (Lipinski definition) is 5. The van der Waals surface area contributed by atoms with Crippen LogP contribution < -0.4 is 10.6 Å². The van der Waals surface area contributed by atoms with Gasteiger partial charge < -0.3 is 15.4 Å². The molecule has 7 heteroatoms. The molecule has 1 fully saturated rings. The van der Waals surface area contributed by atoms with Crippen LogP contribution in [0.15, 0.2) is 42.5 Å². The molecule has 30 heavy (non-hydrogen) atoms. The van der Waals surface area contributed by atoms with E-state index in [1.54, 1.807) is 7.11 Å². The Kier molecular flexibility index (Phi) is 8.19. The predicted octanol–water partition coefficient (Wildman–Crippen LogP) is 1.40. The summed E-state index contributed by atoms with van der Waals surface area (Å²) < 4.78 is 4.93. The molecule has 2 aromatic rings. The molecule has 2 N–H and O–H groups in total. The number of piperazine rings is 1. The van der Waals surface area contributed by atoms with Gasteiger partial charge in [0.25, 0.3) is 0 Å². The van der Waals surface area contributed by atoms with Gasteiger partial charge in [-0.1, -0.05) is 36.4 Å². The van der Waals surface area contributed by atoms with Crippen molar-refractivity contribution in [2.75, 3.05) is 59.5 Å². The van der Waals surface area contributed by atoms with E-state index in [-0.39, 0.29) is 17.9 Å². The quantitative estimate of drug-likeness (QED) is 0.609. The molecule has 1 unspecified atom stereocenters. The number of nitrogens with one attached hydrogen (secondary N) is 2. The Morgan fingerprint density at radius 2 is 1.60 bits per heavy atom. The maximum atomic E-state index is 12.5. The second-order valence-corrected chi connectivity index (χ2v) is 7.79. The van der Waals surface area contributed by atoms with Gasteiger partial charge in [0.1, 0.15) is 0 Å². The van der Waals surface area contributed by atoms with E-state index in [2.05, 4.69) is 50.8 Å².